The summed E-state index contributed by atoms with van der Waals surface area (Å²) in [6, 6.07) is 13.8. The summed E-state index contributed by atoms with van der Waals surface area (Å²) in [7, 11) is 0. The minimum atomic E-state index is -0.0538. The first-order valence-electron chi connectivity index (χ1n) is 9.73. The molecular formula is C22H23BrN4O2. The van der Waals surface area contributed by atoms with E-state index in [1.807, 2.05) is 61.2 Å². The Morgan fingerprint density at radius 3 is 2.41 bits per heavy atom. The summed E-state index contributed by atoms with van der Waals surface area (Å²) < 4.78 is 6.53. The van der Waals surface area contributed by atoms with E-state index in [4.69, 9.17) is 4.52 Å². The first-order chi connectivity index (χ1) is 14.0. The van der Waals surface area contributed by atoms with Crippen LogP contribution in [-0.2, 0) is 0 Å². The third-order valence-corrected chi connectivity index (χ3v) is 5.92. The van der Waals surface area contributed by atoms with Gasteiger partial charge in [-0.3, -0.25) is 0 Å². The molecule has 4 rings (SSSR count). The highest BCUT2D eigenvalue weighted by Crippen LogP contribution is 2.29. The number of aryl methyl sites for hydroxylation is 2. The van der Waals surface area contributed by atoms with Gasteiger partial charge in [0.2, 0.25) is 11.7 Å². The number of nitrogens with zero attached hydrogens (tertiary/aromatic N) is 3. The van der Waals surface area contributed by atoms with E-state index < -0.39 is 0 Å². The van der Waals surface area contributed by atoms with Crippen molar-refractivity contribution in [3.05, 3.63) is 64.0 Å². The summed E-state index contributed by atoms with van der Waals surface area (Å²) in [6.45, 7) is 5.34. The lowest BCUT2D eigenvalue weighted by Crippen LogP contribution is -2.40. The lowest BCUT2D eigenvalue weighted by Gasteiger charge is -2.30. The number of carbonyl (C=O) groups is 1. The van der Waals surface area contributed by atoms with Crippen LogP contribution in [0.25, 0.3) is 11.4 Å². The van der Waals surface area contributed by atoms with Crippen molar-refractivity contribution in [3.8, 4) is 11.4 Å². The number of aromatic nitrogens is 2. The molecule has 0 aliphatic carbocycles. The standard InChI is InChI=1S/C22H23BrN4O2/c1-14-4-3-5-15(2)19(14)24-22(28)27-12-10-17(11-13-27)21-25-20(26-29-21)16-6-8-18(23)9-7-16/h3-9,17H,10-13H2,1-2H3,(H,24,28). The third kappa shape index (κ3) is 4.34. The van der Waals surface area contributed by atoms with Crippen LogP contribution < -0.4 is 5.32 Å². The van der Waals surface area contributed by atoms with Crippen molar-refractivity contribution < 1.29 is 9.32 Å². The Hall–Kier alpha value is -2.67. The number of hydrogen-bond acceptors (Lipinski definition) is 4. The Labute approximate surface area is 178 Å². The second-order valence-electron chi connectivity index (χ2n) is 7.42. The molecule has 2 aromatic carbocycles. The van der Waals surface area contributed by atoms with E-state index in [1.54, 1.807) is 0 Å². The maximum Gasteiger partial charge on any atom is 0.321 e. The molecule has 0 spiro atoms. The molecule has 2 heterocycles. The second kappa shape index (κ2) is 8.37. The van der Waals surface area contributed by atoms with Gasteiger partial charge in [0, 0.05) is 34.7 Å². The van der Waals surface area contributed by atoms with Crippen molar-refractivity contribution in [1.29, 1.82) is 0 Å². The number of amides is 2. The molecule has 7 heteroatoms. The lowest BCUT2D eigenvalue weighted by atomic mass is 9.97. The van der Waals surface area contributed by atoms with E-state index in [0.29, 0.717) is 24.8 Å². The highest BCUT2D eigenvalue weighted by atomic mass is 79.9. The number of likely N-dealkylation sites (tertiary alicyclic amines) is 1. The molecule has 3 aromatic rings. The lowest BCUT2D eigenvalue weighted by molar-refractivity contribution is 0.187. The number of halogens is 1. The maximum atomic E-state index is 12.7. The number of benzene rings is 2. The summed E-state index contributed by atoms with van der Waals surface area (Å²) in [4.78, 5) is 19.1. The zero-order valence-corrected chi connectivity index (χ0v) is 18.1. The summed E-state index contributed by atoms with van der Waals surface area (Å²) in [5.41, 5.74) is 3.96. The molecular weight excluding hydrogens is 432 g/mol. The van der Waals surface area contributed by atoms with Crippen molar-refractivity contribution >= 4 is 27.6 Å². The average molecular weight is 455 g/mol. The van der Waals surface area contributed by atoms with Crippen LogP contribution in [0.5, 0.6) is 0 Å². The Morgan fingerprint density at radius 2 is 1.76 bits per heavy atom. The Balaban J connectivity index is 1.37. The number of carbonyl (C=O) groups excluding carboxylic acids is 1. The van der Waals surface area contributed by atoms with Crippen LogP contribution in [0.15, 0.2) is 51.5 Å². The van der Waals surface area contributed by atoms with Gasteiger partial charge in [-0.1, -0.05) is 39.3 Å². The molecule has 0 unspecified atom stereocenters. The molecule has 2 amide bonds. The molecule has 0 radical (unpaired) electrons. The minimum absolute atomic E-state index is 0.0538. The van der Waals surface area contributed by atoms with Gasteiger partial charge in [0.05, 0.1) is 0 Å². The first-order valence-corrected chi connectivity index (χ1v) is 10.5. The molecule has 1 fully saturated rings. The van der Waals surface area contributed by atoms with Crippen LogP contribution in [0.4, 0.5) is 10.5 Å². The SMILES string of the molecule is Cc1cccc(C)c1NC(=O)N1CCC(c2nc(-c3ccc(Br)cc3)no2)CC1. The number of anilines is 1. The average Bonchev–Trinajstić information content (AvgIpc) is 3.21. The molecule has 1 aliphatic heterocycles. The Morgan fingerprint density at radius 1 is 1.10 bits per heavy atom. The summed E-state index contributed by atoms with van der Waals surface area (Å²) in [5.74, 6) is 1.43. The normalized spacial score (nSPS) is 14.8. The van der Waals surface area contributed by atoms with Gasteiger partial charge in [-0.05, 0) is 62.1 Å². The van der Waals surface area contributed by atoms with Crippen molar-refractivity contribution in [3.63, 3.8) is 0 Å². The number of nitrogens with one attached hydrogen (secondary N) is 1. The quantitative estimate of drug-likeness (QED) is 0.564. The van der Waals surface area contributed by atoms with Crippen LogP contribution in [0.2, 0.25) is 0 Å². The van der Waals surface area contributed by atoms with Crippen LogP contribution in [0.3, 0.4) is 0 Å². The zero-order chi connectivity index (χ0) is 20.4. The molecule has 0 bridgehead atoms. The molecule has 1 aromatic heterocycles. The molecule has 1 aliphatic rings. The third-order valence-electron chi connectivity index (χ3n) is 5.39. The molecule has 0 saturated carbocycles. The van der Waals surface area contributed by atoms with Crippen LogP contribution in [-0.4, -0.2) is 34.2 Å². The van der Waals surface area contributed by atoms with Crippen molar-refractivity contribution in [2.24, 2.45) is 0 Å². The number of piperidine rings is 1. The second-order valence-corrected chi connectivity index (χ2v) is 8.34. The fourth-order valence-corrected chi connectivity index (χ4v) is 3.91. The maximum absolute atomic E-state index is 12.7. The van der Waals surface area contributed by atoms with Crippen molar-refractivity contribution in [1.82, 2.24) is 15.0 Å². The largest absolute Gasteiger partial charge is 0.339 e. The monoisotopic (exact) mass is 454 g/mol. The molecule has 150 valence electrons. The van der Waals surface area contributed by atoms with Gasteiger partial charge in [0.1, 0.15) is 0 Å². The van der Waals surface area contributed by atoms with Crippen LogP contribution in [0.1, 0.15) is 35.8 Å². The van der Waals surface area contributed by atoms with E-state index in [0.717, 1.165) is 39.7 Å². The number of rotatable bonds is 3. The topological polar surface area (TPSA) is 71.3 Å². The Kier molecular flexibility index (Phi) is 5.67. The highest BCUT2D eigenvalue weighted by molar-refractivity contribution is 9.10. The number of urea groups is 1. The molecule has 29 heavy (non-hydrogen) atoms. The number of hydrogen-bond donors (Lipinski definition) is 1. The van der Waals surface area contributed by atoms with Crippen LogP contribution in [0, 0.1) is 13.8 Å². The smallest absolute Gasteiger partial charge is 0.321 e. The summed E-state index contributed by atoms with van der Waals surface area (Å²) >= 11 is 3.43. The summed E-state index contributed by atoms with van der Waals surface area (Å²) in [6.07, 6.45) is 1.62. The van der Waals surface area contributed by atoms with Gasteiger partial charge < -0.3 is 14.7 Å². The van der Waals surface area contributed by atoms with Gasteiger partial charge in [0.25, 0.3) is 0 Å². The molecule has 1 N–H and O–H groups in total. The van der Waals surface area contributed by atoms with Crippen molar-refractivity contribution in [2.45, 2.75) is 32.6 Å². The Bertz CT molecular complexity index is 988. The van der Waals surface area contributed by atoms with Gasteiger partial charge in [-0.25, -0.2) is 4.79 Å². The highest BCUT2D eigenvalue weighted by Gasteiger charge is 2.28. The van der Waals surface area contributed by atoms with Gasteiger partial charge in [-0.2, -0.15) is 4.98 Å². The van der Waals surface area contributed by atoms with Crippen molar-refractivity contribution in [2.75, 3.05) is 18.4 Å². The zero-order valence-electron chi connectivity index (χ0n) is 16.5. The minimum Gasteiger partial charge on any atom is -0.339 e. The molecule has 0 atom stereocenters. The van der Waals surface area contributed by atoms with Gasteiger partial charge in [-0.15, -0.1) is 0 Å². The molecule has 1 saturated heterocycles. The fourth-order valence-electron chi connectivity index (χ4n) is 3.64. The predicted octanol–water partition coefficient (Wildman–Crippen LogP) is 5.53. The predicted molar refractivity (Wildman–Crippen MR) is 116 cm³/mol. The van der Waals surface area contributed by atoms with E-state index in [9.17, 15) is 4.79 Å². The van der Waals surface area contributed by atoms with E-state index in [1.165, 1.54) is 0 Å². The van der Waals surface area contributed by atoms with Gasteiger partial charge in [0.15, 0.2) is 0 Å². The summed E-state index contributed by atoms with van der Waals surface area (Å²) in [5, 5.41) is 7.19. The van der Waals surface area contributed by atoms with E-state index in [2.05, 4.69) is 31.4 Å². The number of para-hydroxylation sites is 1. The van der Waals surface area contributed by atoms with E-state index >= 15 is 0 Å². The first kappa shape index (κ1) is 19.6. The van der Waals surface area contributed by atoms with Gasteiger partial charge >= 0.3 is 6.03 Å². The van der Waals surface area contributed by atoms with E-state index in [-0.39, 0.29) is 11.9 Å². The fraction of sp³-hybridized carbons (Fsp3) is 0.318. The van der Waals surface area contributed by atoms with Crippen LogP contribution >= 0.6 is 15.9 Å². The molecule has 6 nitrogen and oxygen atoms in total.